The summed E-state index contributed by atoms with van der Waals surface area (Å²) < 4.78 is 10.6. The Morgan fingerprint density at radius 1 is 0.933 bits per heavy atom. The van der Waals surface area contributed by atoms with Gasteiger partial charge in [0.25, 0.3) is 5.91 Å². The third kappa shape index (κ3) is 6.70. The number of ketones is 1. The summed E-state index contributed by atoms with van der Waals surface area (Å²) in [5.74, 6) is -0.0209. The van der Waals surface area contributed by atoms with Crippen LogP contribution in [-0.2, 0) is 10.2 Å². The number of carbonyl (C=O) groups excluding carboxylic acids is 3. The lowest BCUT2D eigenvalue weighted by Crippen LogP contribution is -2.16. The number of nitrogens with one attached hydrogen (secondary N) is 1. The molecule has 1 heterocycles. The van der Waals surface area contributed by atoms with Gasteiger partial charge in [-0.1, -0.05) is 54.6 Å². The number of Topliss-reactive ketones (excluding diaryl/α,β-unsaturated/α-hetero) is 1. The zero-order valence-corrected chi connectivity index (χ0v) is 25.9. The van der Waals surface area contributed by atoms with Crippen LogP contribution in [0.25, 0.3) is 5.57 Å². The number of amides is 1. The van der Waals surface area contributed by atoms with Gasteiger partial charge >= 0.3 is 5.97 Å². The number of carbonyl (C=O) groups is 3. The molecule has 1 amide bonds. The van der Waals surface area contributed by atoms with Gasteiger partial charge in [-0.3, -0.25) is 9.59 Å². The lowest BCUT2D eigenvalue weighted by molar-refractivity contribution is 0.0526. The van der Waals surface area contributed by atoms with Crippen molar-refractivity contribution in [2.75, 3.05) is 11.9 Å². The van der Waals surface area contributed by atoms with Crippen LogP contribution in [0.4, 0.5) is 5.69 Å². The summed E-state index contributed by atoms with van der Waals surface area (Å²) in [6, 6.07) is 25.0. The summed E-state index contributed by atoms with van der Waals surface area (Å²) in [4.78, 5) is 39.3. The second kappa shape index (κ2) is 13.1. The monoisotopic (exact) mass is 601 g/mol. The third-order valence-electron chi connectivity index (χ3n) is 9.32. The Bertz CT molecular complexity index is 1740. The molecule has 0 aliphatic heterocycles. The summed E-state index contributed by atoms with van der Waals surface area (Å²) in [6.45, 7) is 4.27. The van der Waals surface area contributed by atoms with Crippen LogP contribution in [0.1, 0.15) is 111 Å². The molecule has 230 valence electrons. The van der Waals surface area contributed by atoms with Gasteiger partial charge in [-0.05, 0) is 111 Å². The van der Waals surface area contributed by atoms with Crippen LogP contribution >= 0.6 is 0 Å². The SMILES string of the molecule is CCOC(=O)c1cccc(C2(CC(=O)c3ccc(C4=CCCC(c5ccccc5C)CC4)c(NC(=O)c4ccco4)c3)CC2)c1. The van der Waals surface area contributed by atoms with Crippen molar-refractivity contribution < 1.29 is 23.5 Å². The summed E-state index contributed by atoms with van der Waals surface area (Å²) in [6.07, 6.45) is 9.72. The van der Waals surface area contributed by atoms with Gasteiger partial charge in [0, 0.05) is 28.7 Å². The zero-order valence-electron chi connectivity index (χ0n) is 25.9. The number of ether oxygens (including phenoxy) is 1. The maximum Gasteiger partial charge on any atom is 0.338 e. The molecule has 3 aromatic carbocycles. The van der Waals surface area contributed by atoms with E-state index in [9.17, 15) is 14.4 Å². The van der Waals surface area contributed by atoms with Crippen LogP contribution in [0.5, 0.6) is 0 Å². The Hall–Kier alpha value is -4.71. The van der Waals surface area contributed by atoms with Crippen molar-refractivity contribution in [1.82, 2.24) is 0 Å². The number of anilines is 1. The van der Waals surface area contributed by atoms with Crippen molar-refractivity contribution in [3.63, 3.8) is 0 Å². The predicted octanol–water partition coefficient (Wildman–Crippen LogP) is 9.06. The van der Waals surface area contributed by atoms with Gasteiger partial charge in [-0.2, -0.15) is 0 Å². The van der Waals surface area contributed by atoms with Crippen LogP contribution in [0, 0.1) is 6.92 Å². The van der Waals surface area contributed by atoms with E-state index in [1.54, 1.807) is 25.1 Å². The zero-order chi connectivity index (χ0) is 31.4. The maximum absolute atomic E-state index is 13.8. The number of esters is 1. The highest BCUT2D eigenvalue weighted by Gasteiger charge is 2.46. The van der Waals surface area contributed by atoms with E-state index in [1.165, 1.54) is 23.0 Å². The molecule has 1 aromatic heterocycles. The first-order chi connectivity index (χ1) is 21.9. The Morgan fingerprint density at radius 3 is 2.53 bits per heavy atom. The molecule has 0 bridgehead atoms. The first-order valence-electron chi connectivity index (χ1n) is 15.9. The minimum Gasteiger partial charge on any atom is -0.462 e. The van der Waals surface area contributed by atoms with E-state index in [4.69, 9.17) is 9.15 Å². The molecule has 0 saturated heterocycles. The van der Waals surface area contributed by atoms with Crippen LogP contribution in [0.3, 0.4) is 0 Å². The van der Waals surface area contributed by atoms with E-state index >= 15 is 0 Å². The molecule has 4 aromatic rings. The lowest BCUT2D eigenvalue weighted by atomic mass is 9.86. The smallest absolute Gasteiger partial charge is 0.338 e. The van der Waals surface area contributed by atoms with E-state index < -0.39 is 0 Å². The molecule has 2 aliphatic carbocycles. The van der Waals surface area contributed by atoms with Gasteiger partial charge in [0.1, 0.15) is 0 Å². The fourth-order valence-electron chi connectivity index (χ4n) is 6.65. The second-order valence-electron chi connectivity index (χ2n) is 12.3. The minimum atomic E-state index is -0.355. The van der Waals surface area contributed by atoms with Crippen molar-refractivity contribution >= 4 is 28.9 Å². The number of furan rings is 1. The number of allylic oxidation sites excluding steroid dienone is 2. The molecule has 1 saturated carbocycles. The molecule has 1 N–H and O–H groups in total. The van der Waals surface area contributed by atoms with Gasteiger partial charge in [0.2, 0.25) is 0 Å². The topological polar surface area (TPSA) is 85.6 Å². The molecule has 1 fully saturated rings. The molecule has 6 rings (SSSR count). The molecule has 0 spiro atoms. The summed E-state index contributed by atoms with van der Waals surface area (Å²) in [5, 5.41) is 3.04. The van der Waals surface area contributed by atoms with Crippen molar-refractivity contribution in [2.45, 2.75) is 70.1 Å². The molecular weight excluding hydrogens is 562 g/mol. The quantitative estimate of drug-likeness (QED) is 0.145. The van der Waals surface area contributed by atoms with Gasteiger partial charge in [0.15, 0.2) is 11.5 Å². The maximum atomic E-state index is 13.8. The van der Waals surface area contributed by atoms with E-state index in [0.717, 1.165) is 49.7 Å². The van der Waals surface area contributed by atoms with Crippen molar-refractivity contribution in [2.24, 2.45) is 0 Å². The van der Waals surface area contributed by atoms with Crippen LogP contribution in [0.15, 0.2) is 95.6 Å². The van der Waals surface area contributed by atoms with Crippen LogP contribution in [-0.4, -0.2) is 24.3 Å². The fourth-order valence-corrected chi connectivity index (χ4v) is 6.65. The number of aryl methyl sites for hydroxylation is 1. The lowest BCUT2D eigenvalue weighted by Gasteiger charge is -2.19. The van der Waals surface area contributed by atoms with Crippen LogP contribution in [0.2, 0.25) is 0 Å². The average molecular weight is 602 g/mol. The second-order valence-corrected chi connectivity index (χ2v) is 12.3. The molecule has 1 atom stereocenters. The summed E-state index contributed by atoms with van der Waals surface area (Å²) in [5.41, 5.74) is 7.17. The highest BCUT2D eigenvalue weighted by atomic mass is 16.5. The van der Waals surface area contributed by atoms with E-state index in [-0.39, 0.29) is 28.8 Å². The Labute approximate surface area is 264 Å². The van der Waals surface area contributed by atoms with Crippen molar-refractivity contribution in [1.29, 1.82) is 0 Å². The molecule has 0 radical (unpaired) electrons. The molecule has 45 heavy (non-hydrogen) atoms. The Balaban J connectivity index is 1.25. The number of rotatable bonds is 10. The highest BCUT2D eigenvalue weighted by molar-refractivity contribution is 6.05. The average Bonchev–Trinajstić information content (AvgIpc) is 3.70. The predicted molar refractivity (Wildman–Crippen MR) is 176 cm³/mol. The summed E-state index contributed by atoms with van der Waals surface area (Å²) in [7, 11) is 0. The number of benzene rings is 3. The van der Waals surface area contributed by atoms with Gasteiger partial charge in [-0.15, -0.1) is 0 Å². The van der Waals surface area contributed by atoms with E-state index in [1.807, 2.05) is 36.4 Å². The Morgan fingerprint density at radius 2 is 1.78 bits per heavy atom. The number of hydrogen-bond donors (Lipinski definition) is 1. The summed E-state index contributed by atoms with van der Waals surface area (Å²) >= 11 is 0. The molecule has 1 unspecified atom stereocenters. The molecule has 6 nitrogen and oxygen atoms in total. The van der Waals surface area contributed by atoms with Crippen molar-refractivity contribution in [3.8, 4) is 0 Å². The normalized spacial score (nSPS) is 17.1. The highest BCUT2D eigenvalue weighted by Crippen LogP contribution is 2.52. The van der Waals surface area contributed by atoms with Gasteiger partial charge in [-0.25, -0.2) is 4.79 Å². The largest absolute Gasteiger partial charge is 0.462 e. The van der Waals surface area contributed by atoms with E-state index in [0.29, 0.717) is 35.8 Å². The van der Waals surface area contributed by atoms with Gasteiger partial charge < -0.3 is 14.5 Å². The molecule has 6 heteroatoms. The standard InChI is InChI=1S/C39H39NO5/c1-3-44-38(43)30-12-7-13-31(23-30)39(20-21-39)25-35(41)29-18-19-33(34(24-29)40-37(42)36-15-8-22-45-36)28-11-6-10-27(16-17-28)32-14-5-4-9-26(32)2/h4-5,7-9,11-15,18-19,22-24,27H,3,6,10,16-17,20-21,25H2,1-2H3,(H,40,42). The van der Waals surface area contributed by atoms with E-state index in [2.05, 4.69) is 42.6 Å². The fraction of sp³-hybridized carbons (Fsp3) is 0.308. The minimum absolute atomic E-state index is 0.00329. The Kier molecular flexibility index (Phi) is 8.83. The third-order valence-corrected chi connectivity index (χ3v) is 9.32. The van der Waals surface area contributed by atoms with Gasteiger partial charge in [0.05, 0.1) is 18.4 Å². The molecular formula is C39H39NO5. The first-order valence-corrected chi connectivity index (χ1v) is 15.9. The van der Waals surface area contributed by atoms with Crippen molar-refractivity contribution in [3.05, 3.63) is 130 Å². The molecule has 2 aliphatic rings. The first kappa shape index (κ1) is 30.3. The van der Waals surface area contributed by atoms with Crippen LogP contribution < -0.4 is 5.32 Å². The number of hydrogen-bond acceptors (Lipinski definition) is 5.